The number of rotatable bonds is 8. The van der Waals surface area contributed by atoms with Gasteiger partial charge < -0.3 is 20.1 Å². The standard InChI is InChI=1S/C21H29N3O2/c1-5-22-21(24-15-17-7-9-19(25-3)10-8-17)23-13-12-18-14-16(2)6-11-20(18)26-4/h6-11,14H,5,12-13,15H2,1-4H3,(H2,22,23,24). The van der Waals surface area contributed by atoms with Crippen molar-refractivity contribution in [1.29, 1.82) is 0 Å². The molecule has 0 bridgehead atoms. The molecule has 0 aliphatic rings. The van der Waals surface area contributed by atoms with Crippen LogP contribution in [-0.4, -0.2) is 33.3 Å². The Balaban J connectivity index is 1.93. The van der Waals surface area contributed by atoms with Crippen LogP contribution in [0.1, 0.15) is 23.6 Å². The molecule has 0 unspecified atom stereocenters. The van der Waals surface area contributed by atoms with Crippen LogP contribution in [0.15, 0.2) is 47.5 Å². The van der Waals surface area contributed by atoms with Crippen molar-refractivity contribution in [3.05, 3.63) is 59.2 Å². The third-order valence-electron chi connectivity index (χ3n) is 4.05. The number of ether oxygens (including phenoxy) is 2. The highest BCUT2D eigenvalue weighted by Crippen LogP contribution is 2.19. The van der Waals surface area contributed by atoms with E-state index in [1.807, 2.05) is 30.3 Å². The molecule has 0 aliphatic carbocycles. The molecule has 0 heterocycles. The minimum atomic E-state index is 0.618. The van der Waals surface area contributed by atoms with E-state index in [1.165, 1.54) is 11.1 Å². The van der Waals surface area contributed by atoms with Crippen molar-refractivity contribution in [1.82, 2.24) is 10.6 Å². The molecule has 0 fully saturated rings. The van der Waals surface area contributed by atoms with Crippen molar-refractivity contribution in [2.45, 2.75) is 26.8 Å². The normalized spacial score (nSPS) is 11.2. The molecule has 5 heteroatoms. The number of nitrogens with zero attached hydrogens (tertiary/aromatic N) is 1. The molecule has 0 saturated carbocycles. The third-order valence-corrected chi connectivity index (χ3v) is 4.05. The van der Waals surface area contributed by atoms with E-state index in [0.717, 1.165) is 42.5 Å². The zero-order valence-corrected chi connectivity index (χ0v) is 16.1. The van der Waals surface area contributed by atoms with Crippen LogP contribution < -0.4 is 20.1 Å². The Morgan fingerprint density at radius 2 is 1.77 bits per heavy atom. The summed E-state index contributed by atoms with van der Waals surface area (Å²) in [6.07, 6.45) is 0.873. The Morgan fingerprint density at radius 1 is 1.00 bits per heavy atom. The molecule has 0 radical (unpaired) electrons. The Hall–Kier alpha value is -2.69. The van der Waals surface area contributed by atoms with Crippen LogP contribution in [0, 0.1) is 6.92 Å². The zero-order chi connectivity index (χ0) is 18.8. The first-order valence-electron chi connectivity index (χ1n) is 8.95. The van der Waals surface area contributed by atoms with Crippen molar-refractivity contribution >= 4 is 5.96 Å². The van der Waals surface area contributed by atoms with Crippen LogP contribution in [-0.2, 0) is 13.0 Å². The Bertz CT molecular complexity index is 712. The van der Waals surface area contributed by atoms with E-state index in [-0.39, 0.29) is 0 Å². The molecule has 5 nitrogen and oxygen atoms in total. The Labute approximate surface area is 156 Å². The predicted octanol–water partition coefficient (Wildman–Crippen LogP) is 3.31. The van der Waals surface area contributed by atoms with Crippen LogP contribution in [0.4, 0.5) is 0 Å². The molecule has 0 amide bonds. The summed E-state index contributed by atoms with van der Waals surface area (Å²) in [6.45, 7) is 6.38. The number of guanidine groups is 1. The summed E-state index contributed by atoms with van der Waals surface area (Å²) in [5, 5.41) is 6.68. The summed E-state index contributed by atoms with van der Waals surface area (Å²) < 4.78 is 10.6. The maximum absolute atomic E-state index is 5.45. The van der Waals surface area contributed by atoms with Crippen LogP contribution >= 0.6 is 0 Å². The van der Waals surface area contributed by atoms with Crippen molar-refractivity contribution < 1.29 is 9.47 Å². The highest BCUT2D eigenvalue weighted by Gasteiger charge is 2.04. The molecule has 0 atom stereocenters. The van der Waals surface area contributed by atoms with E-state index in [0.29, 0.717) is 6.54 Å². The third kappa shape index (κ3) is 5.99. The fraction of sp³-hybridized carbons (Fsp3) is 0.381. The van der Waals surface area contributed by atoms with E-state index in [1.54, 1.807) is 14.2 Å². The lowest BCUT2D eigenvalue weighted by molar-refractivity contribution is 0.409. The summed E-state index contributed by atoms with van der Waals surface area (Å²) >= 11 is 0. The lowest BCUT2D eigenvalue weighted by atomic mass is 10.1. The van der Waals surface area contributed by atoms with Crippen LogP contribution in [0.2, 0.25) is 0 Å². The van der Waals surface area contributed by atoms with Crippen molar-refractivity contribution in [3.8, 4) is 11.5 Å². The van der Waals surface area contributed by atoms with Crippen molar-refractivity contribution in [2.75, 3.05) is 27.3 Å². The van der Waals surface area contributed by atoms with Gasteiger partial charge in [-0.25, -0.2) is 4.99 Å². The highest BCUT2D eigenvalue weighted by molar-refractivity contribution is 5.79. The summed E-state index contributed by atoms with van der Waals surface area (Å²) in [6, 6.07) is 14.2. The van der Waals surface area contributed by atoms with Gasteiger partial charge in [-0.15, -0.1) is 0 Å². The SMILES string of the molecule is CCNC(=NCc1ccc(OC)cc1)NCCc1cc(C)ccc1OC. The maximum Gasteiger partial charge on any atom is 0.191 e. The fourth-order valence-corrected chi connectivity index (χ4v) is 2.66. The minimum absolute atomic E-state index is 0.618. The van der Waals surface area contributed by atoms with Crippen LogP contribution in [0.25, 0.3) is 0 Å². The molecule has 26 heavy (non-hydrogen) atoms. The molecule has 0 aromatic heterocycles. The number of nitrogens with one attached hydrogen (secondary N) is 2. The molecule has 2 N–H and O–H groups in total. The van der Waals surface area contributed by atoms with Gasteiger partial charge in [0.2, 0.25) is 0 Å². The number of benzene rings is 2. The lowest BCUT2D eigenvalue weighted by Crippen LogP contribution is -2.38. The summed E-state index contributed by atoms with van der Waals surface area (Å²) in [5.41, 5.74) is 3.58. The average molecular weight is 355 g/mol. The van der Waals surface area contributed by atoms with Gasteiger partial charge >= 0.3 is 0 Å². The van der Waals surface area contributed by atoms with Crippen molar-refractivity contribution in [2.24, 2.45) is 4.99 Å². The molecule has 0 saturated heterocycles. The zero-order valence-electron chi connectivity index (χ0n) is 16.1. The van der Waals surface area contributed by atoms with Gasteiger partial charge in [-0.3, -0.25) is 0 Å². The minimum Gasteiger partial charge on any atom is -0.497 e. The molecule has 2 rings (SSSR count). The second kappa shape index (κ2) is 10.3. The Kier molecular flexibility index (Phi) is 7.80. The first-order valence-corrected chi connectivity index (χ1v) is 8.95. The smallest absolute Gasteiger partial charge is 0.191 e. The van der Waals surface area contributed by atoms with Crippen LogP contribution in [0.5, 0.6) is 11.5 Å². The molecule has 0 spiro atoms. The first-order chi connectivity index (χ1) is 12.7. The number of methoxy groups -OCH3 is 2. The second-order valence-electron chi connectivity index (χ2n) is 6.04. The Morgan fingerprint density at radius 3 is 2.42 bits per heavy atom. The first kappa shape index (κ1) is 19.6. The van der Waals surface area contributed by atoms with Gasteiger partial charge in [-0.1, -0.05) is 29.8 Å². The molecule has 2 aromatic carbocycles. The van der Waals surface area contributed by atoms with Gasteiger partial charge in [0.25, 0.3) is 0 Å². The monoisotopic (exact) mass is 355 g/mol. The maximum atomic E-state index is 5.45. The van der Waals surface area contributed by atoms with E-state index < -0.39 is 0 Å². The van der Waals surface area contributed by atoms with Gasteiger partial charge in [0.15, 0.2) is 5.96 Å². The van der Waals surface area contributed by atoms with E-state index in [9.17, 15) is 0 Å². The van der Waals surface area contributed by atoms with E-state index in [2.05, 4.69) is 41.6 Å². The number of aryl methyl sites for hydroxylation is 1. The summed E-state index contributed by atoms with van der Waals surface area (Å²) in [4.78, 5) is 4.65. The fourth-order valence-electron chi connectivity index (χ4n) is 2.66. The van der Waals surface area contributed by atoms with Gasteiger partial charge in [0, 0.05) is 13.1 Å². The quantitative estimate of drug-likeness (QED) is 0.563. The predicted molar refractivity (Wildman–Crippen MR) is 107 cm³/mol. The molecule has 140 valence electrons. The molecular formula is C21H29N3O2. The lowest BCUT2D eigenvalue weighted by Gasteiger charge is -2.13. The number of hydrogen-bond donors (Lipinski definition) is 2. The van der Waals surface area contributed by atoms with Crippen LogP contribution in [0.3, 0.4) is 0 Å². The van der Waals surface area contributed by atoms with Gasteiger partial charge in [-0.2, -0.15) is 0 Å². The number of aliphatic imine (C=N–C) groups is 1. The summed E-state index contributed by atoms with van der Waals surface area (Å²) in [5.74, 6) is 2.60. The topological polar surface area (TPSA) is 54.9 Å². The molecule has 2 aromatic rings. The number of hydrogen-bond acceptors (Lipinski definition) is 3. The molecule has 0 aliphatic heterocycles. The van der Waals surface area contributed by atoms with Gasteiger partial charge in [0.05, 0.1) is 20.8 Å². The summed E-state index contributed by atoms with van der Waals surface area (Å²) in [7, 11) is 3.38. The van der Waals surface area contributed by atoms with E-state index in [4.69, 9.17) is 9.47 Å². The average Bonchev–Trinajstić information content (AvgIpc) is 2.66. The second-order valence-corrected chi connectivity index (χ2v) is 6.04. The van der Waals surface area contributed by atoms with E-state index >= 15 is 0 Å². The van der Waals surface area contributed by atoms with Gasteiger partial charge in [-0.05, 0) is 49.6 Å². The largest absolute Gasteiger partial charge is 0.497 e. The van der Waals surface area contributed by atoms with Crippen molar-refractivity contribution in [3.63, 3.8) is 0 Å². The molecular weight excluding hydrogens is 326 g/mol. The highest BCUT2D eigenvalue weighted by atomic mass is 16.5. The van der Waals surface area contributed by atoms with Gasteiger partial charge in [0.1, 0.15) is 11.5 Å².